The Morgan fingerprint density at radius 3 is 2.74 bits per heavy atom. The largest absolute Gasteiger partial charge is 0.431 e. The topological polar surface area (TPSA) is 90.3 Å². The van der Waals surface area contributed by atoms with Crippen LogP contribution >= 0.6 is 0 Å². The minimum atomic E-state index is -4.44. The minimum Gasteiger partial charge on any atom is -0.366 e. The number of aromatic nitrogens is 4. The van der Waals surface area contributed by atoms with Gasteiger partial charge < -0.3 is 10.3 Å². The standard InChI is InChI=1S/C14H9F3N6/c15-14(16,17)11-2-9-1-8(6-20-13(9)23-11)5-19-12-3-10(4-18)21-7-22-12/h1-3,6-7H,5H2,(H,20,23)(H,19,21,22). The Hall–Kier alpha value is -3.15. The highest BCUT2D eigenvalue weighted by molar-refractivity contribution is 5.77. The number of nitrogens with zero attached hydrogens (tertiary/aromatic N) is 4. The van der Waals surface area contributed by atoms with Crippen molar-refractivity contribution in [1.82, 2.24) is 19.9 Å². The zero-order chi connectivity index (χ0) is 16.4. The molecule has 3 heterocycles. The van der Waals surface area contributed by atoms with E-state index in [1.807, 2.05) is 6.07 Å². The quantitative estimate of drug-likeness (QED) is 0.775. The molecule has 0 unspecified atom stereocenters. The molecule has 0 amide bonds. The van der Waals surface area contributed by atoms with E-state index in [0.29, 0.717) is 23.3 Å². The molecular weight excluding hydrogens is 309 g/mol. The number of nitrogens with one attached hydrogen (secondary N) is 2. The van der Waals surface area contributed by atoms with Crippen molar-refractivity contribution in [3.05, 3.63) is 47.7 Å². The molecular formula is C14H9F3N6. The second kappa shape index (κ2) is 5.57. The molecule has 0 saturated heterocycles. The van der Waals surface area contributed by atoms with Crippen LogP contribution in [0.4, 0.5) is 19.0 Å². The highest BCUT2D eigenvalue weighted by Crippen LogP contribution is 2.30. The zero-order valence-electron chi connectivity index (χ0n) is 11.5. The molecule has 0 fully saturated rings. The van der Waals surface area contributed by atoms with Crippen LogP contribution in [0.25, 0.3) is 11.0 Å². The molecule has 0 spiro atoms. The van der Waals surface area contributed by atoms with Gasteiger partial charge in [0.25, 0.3) is 0 Å². The third kappa shape index (κ3) is 3.21. The number of aromatic amines is 1. The third-order valence-corrected chi connectivity index (χ3v) is 3.09. The van der Waals surface area contributed by atoms with E-state index in [4.69, 9.17) is 5.26 Å². The molecule has 0 saturated carbocycles. The number of hydrogen-bond acceptors (Lipinski definition) is 5. The van der Waals surface area contributed by atoms with Gasteiger partial charge >= 0.3 is 6.18 Å². The molecule has 0 aliphatic rings. The molecule has 2 N–H and O–H groups in total. The summed E-state index contributed by atoms with van der Waals surface area (Å²) in [5.41, 5.74) is 0.244. The number of rotatable bonds is 3. The fraction of sp³-hybridized carbons (Fsp3) is 0.143. The van der Waals surface area contributed by atoms with Crippen LogP contribution in [0.2, 0.25) is 0 Å². The van der Waals surface area contributed by atoms with Crippen LogP contribution < -0.4 is 5.32 Å². The van der Waals surface area contributed by atoms with E-state index >= 15 is 0 Å². The van der Waals surface area contributed by atoms with Crippen LogP contribution in [0, 0.1) is 11.3 Å². The van der Waals surface area contributed by atoms with Crippen LogP contribution in [0.15, 0.2) is 30.7 Å². The first kappa shape index (κ1) is 14.8. The summed E-state index contributed by atoms with van der Waals surface area (Å²) in [6.45, 7) is 0.303. The van der Waals surface area contributed by atoms with Gasteiger partial charge in [-0.1, -0.05) is 0 Å². The maximum absolute atomic E-state index is 12.7. The molecule has 0 atom stereocenters. The second-order valence-corrected chi connectivity index (χ2v) is 4.72. The Kier molecular flexibility index (Phi) is 3.57. The molecule has 0 aromatic carbocycles. The number of hydrogen-bond donors (Lipinski definition) is 2. The Balaban J connectivity index is 1.79. The number of anilines is 1. The number of nitriles is 1. The minimum absolute atomic E-state index is 0.176. The van der Waals surface area contributed by atoms with Gasteiger partial charge in [0.15, 0.2) is 0 Å². The van der Waals surface area contributed by atoms with Crippen LogP contribution in [0.1, 0.15) is 17.0 Å². The fourth-order valence-electron chi connectivity index (χ4n) is 2.02. The molecule has 9 heteroatoms. The summed E-state index contributed by atoms with van der Waals surface area (Å²) < 4.78 is 38.0. The van der Waals surface area contributed by atoms with Gasteiger partial charge in [0, 0.05) is 24.2 Å². The van der Waals surface area contributed by atoms with Crippen molar-refractivity contribution in [2.45, 2.75) is 12.7 Å². The average Bonchev–Trinajstić information content (AvgIpc) is 2.96. The van der Waals surface area contributed by atoms with Crippen LogP contribution in [0.3, 0.4) is 0 Å². The monoisotopic (exact) mass is 318 g/mol. The Labute approximate surface area is 128 Å². The number of pyridine rings is 1. The van der Waals surface area contributed by atoms with Gasteiger partial charge in [0.1, 0.15) is 35.2 Å². The maximum Gasteiger partial charge on any atom is 0.431 e. The van der Waals surface area contributed by atoms with Crippen molar-refractivity contribution in [3.8, 4) is 6.07 Å². The first-order valence-corrected chi connectivity index (χ1v) is 6.46. The summed E-state index contributed by atoms with van der Waals surface area (Å²) in [4.78, 5) is 13.9. The molecule has 0 radical (unpaired) electrons. The molecule has 0 aliphatic carbocycles. The lowest BCUT2D eigenvalue weighted by Gasteiger charge is -2.05. The lowest BCUT2D eigenvalue weighted by molar-refractivity contribution is -0.140. The lowest BCUT2D eigenvalue weighted by atomic mass is 10.2. The Bertz CT molecular complexity index is 893. The van der Waals surface area contributed by atoms with Gasteiger partial charge in [-0.2, -0.15) is 18.4 Å². The third-order valence-electron chi connectivity index (χ3n) is 3.09. The van der Waals surface area contributed by atoms with Crippen LogP contribution in [0.5, 0.6) is 0 Å². The summed E-state index contributed by atoms with van der Waals surface area (Å²) in [5, 5.41) is 12.1. The summed E-state index contributed by atoms with van der Waals surface area (Å²) >= 11 is 0. The molecule has 0 bridgehead atoms. The van der Waals surface area contributed by atoms with E-state index in [2.05, 4.69) is 25.3 Å². The zero-order valence-corrected chi connectivity index (χ0v) is 11.5. The number of halogens is 3. The summed E-state index contributed by atoms with van der Waals surface area (Å²) in [5.74, 6) is 0.446. The van der Waals surface area contributed by atoms with Gasteiger partial charge in [-0.25, -0.2) is 15.0 Å². The molecule has 3 aromatic rings. The molecule has 3 rings (SSSR count). The predicted molar refractivity (Wildman–Crippen MR) is 75.2 cm³/mol. The van der Waals surface area contributed by atoms with Crippen LogP contribution in [-0.4, -0.2) is 19.9 Å². The Morgan fingerprint density at radius 1 is 1.17 bits per heavy atom. The van der Waals surface area contributed by atoms with Gasteiger partial charge in [-0.15, -0.1) is 0 Å². The van der Waals surface area contributed by atoms with Crippen molar-refractivity contribution in [3.63, 3.8) is 0 Å². The van der Waals surface area contributed by atoms with E-state index in [0.717, 1.165) is 6.07 Å². The predicted octanol–water partition coefficient (Wildman–Crippen LogP) is 2.86. The average molecular weight is 318 g/mol. The van der Waals surface area contributed by atoms with Crippen molar-refractivity contribution < 1.29 is 13.2 Å². The van der Waals surface area contributed by atoms with E-state index in [1.165, 1.54) is 18.6 Å². The summed E-state index contributed by atoms with van der Waals surface area (Å²) in [7, 11) is 0. The first-order chi connectivity index (χ1) is 11.0. The van der Waals surface area contributed by atoms with Gasteiger partial charge in [0.05, 0.1) is 0 Å². The Morgan fingerprint density at radius 2 is 2.00 bits per heavy atom. The lowest BCUT2D eigenvalue weighted by Crippen LogP contribution is -2.04. The van der Waals surface area contributed by atoms with E-state index in [1.54, 1.807) is 6.07 Å². The van der Waals surface area contributed by atoms with Gasteiger partial charge in [0.2, 0.25) is 0 Å². The smallest absolute Gasteiger partial charge is 0.366 e. The first-order valence-electron chi connectivity index (χ1n) is 6.46. The summed E-state index contributed by atoms with van der Waals surface area (Å²) in [6, 6.07) is 5.99. The highest BCUT2D eigenvalue weighted by Gasteiger charge is 2.32. The highest BCUT2D eigenvalue weighted by atomic mass is 19.4. The van der Waals surface area contributed by atoms with Crippen molar-refractivity contribution in [1.29, 1.82) is 5.26 Å². The van der Waals surface area contributed by atoms with Gasteiger partial charge in [-0.05, 0) is 17.7 Å². The number of H-pyrrole nitrogens is 1. The molecule has 23 heavy (non-hydrogen) atoms. The molecule has 116 valence electrons. The van der Waals surface area contributed by atoms with E-state index < -0.39 is 11.9 Å². The number of alkyl halides is 3. The van der Waals surface area contributed by atoms with Gasteiger partial charge in [-0.3, -0.25) is 0 Å². The van der Waals surface area contributed by atoms with Crippen LogP contribution in [-0.2, 0) is 12.7 Å². The molecule has 6 nitrogen and oxygen atoms in total. The second-order valence-electron chi connectivity index (χ2n) is 4.72. The SMILES string of the molecule is N#Cc1cc(NCc2cnc3[nH]c(C(F)(F)F)cc3c2)ncn1. The normalized spacial score (nSPS) is 11.4. The van der Waals surface area contributed by atoms with Crippen molar-refractivity contribution in [2.75, 3.05) is 5.32 Å². The fourth-order valence-corrected chi connectivity index (χ4v) is 2.02. The maximum atomic E-state index is 12.7. The van der Waals surface area contributed by atoms with Crippen molar-refractivity contribution in [2.24, 2.45) is 0 Å². The van der Waals surface area contributed by atoms with E-state index in [9.17, 15) is 13.2 Å². The number of fused-ring (bicyclic) bond motifs is 1. The van der Waals surface area contributed by atoms with Crippen molar-refractivity contribution >= 4 is 16.9 Å². The molecule has 0 aliphatic heterocycles. The molecule has 3 aromatic heterocycles. The van der Waals surface area contributed by atoms with E-state index in [-0.39, 0.29) is 11.3 Å². The summed E-state index contributed by atoms with van der Waals surface area (Å²) in [6.07, 6.45) is -1.71.